The van der Waals surface area contributed by atoms with Crippen LogP contribution in [0.5, 0.6) is 0 Å². The fraction of sp³-hybridized carbons (Fsp3) is 0.353. The molecule has 3 heterocycles. The Balaban J connectivity index is 1.95. The van der Waals surface area contributed by atoms with E-state index < -0.39 is 11.7 Å². The van der Waals surface area contributed by atoms with E-state index in [9.17, 15) is 9.59 Å². The van der Waals surface area contributed by atoms with Crippen LogP contribution in [0.3, 0.4) is 0 Å². The van der Waals surface area contributed by atoms with Crippen molar-refractivity contribution in [2.24, 2.45) is 0 Å². The van der Waals surface area contributed by atoms with Crippen molar-refractivity contribution < 1.29 is 14.3 Å². The number of ether oxygens (including phenoxy) is 1. The van der Waals surface area contributed by atoms with Crippen LogP contribution in [0, 0.1) is 0 Å². The van der Waals surface area contributed by atoms with E-state index in [-0.39, 0.29) is 12.5 Å². The van der Waals surface area contributed by atoms with Gasteiger partial charge in [0.15, 0.2) is 0 Å². The molecule has 0 aliphatic carbocycles. The highest BCUT2D eigenvalue weighted by Crippen LogP contribution is 2.36. The summed E-state index contributed by atoms with van der Waals surface area (Å²) in [7, 11) is 0. The molecular formula is C17H17BrClN3O3. The molecule has 0 atom stereocenters. The van der Waals surface area contributed by atoms with Crippen molar-refractivity contribution in [3.63, 3.8) is 0 Å². The maximum Gasteiger partial charge on any atom is 0.417 e. The predicted octanol–water partition coefficient (Wildman–Crippen LogP) is 4.43. The Morgan fingerprint density at radius 3 is 2.80 bits per heavy atom. The lowest BCUT2D eigenvalue weighted by molar-refractivity contribution is 0.0233. The number of pyridine rings is 1. The van der Waals surface area contributed by atoms with E-state index in [1.807, 2.05) is 0 Å². The van der Waals surface area contributed by atoms with Crippen molar-refractivity contribution in [2.75, 3.05) is 6.54 Å². The number of carbonyl (C=O) groups excluding carboxylic acids is 2. The maximum absolute atomic E-state index is 12.8. The minimum atomic E-state index is -0.661. The molecule has 132 valence electrons. The number of aromatic nitrogens is 2. The summed E-state index contributed by atoms with van der Waals surface area (Å²) in [6.07, 6.45) is 1.49. The zero-order valence-corrected chi connectivity index (χ0v) is 16.4. The summed E-state index contributed by atoms with van der Waals surface area (Å²) >= 11 is 9.43. The van der Waals surface area contributed by atoms with Crippen LogP contribution in [0.1, 0.15) is 36.8 Å². The van der Waals surface area contributed by atoms with Crippen molar-refractivity contribution in [3.05, 3.63) is 39.2 Å². The molecule has 8 heteroatoms. The van der Waals surface area contributed by atoms with Gasteiger partial charge in [0.25, 0.3) is 5.91 Å². The molecule has 0 unspecified atom stereocenters. The Kier molecular flexibility index (Phi) is 4.64. The summed E-state index contributed by atoms with van der Waals surface area (Å²) in [6, 6.07) is 3.50. The van der Waals surface area contributed by atoms with Gasteiger partial charge in [-0.05, 0) is 48.8 Å². The van der Waals surface area contributed by atoms with Crippen molar-refractivity contribution in [1.29, 1.82) is 0 Å². The van der Waals surface area contributed by atoms with Crippen molar-refractivity contribution >= 4 is 39.5 Å². The number of carbonyl (C=O) groups is 2. The quantitative estimate of drug-likeness (QED) is 0.685. The topological polar surface area (TPSA) is 75.3 Å². The summed E-state index contributed by atoms with van der Waals surface area (Å²) in [5.74, 6) is -0.384. The number of hydrogen-bond acceptors (Lipinski definition) is 4. The zero-order chi connectivity index (χ0) is 18.4. The second kappa shape index (κ2) is 6.46. The predicted molar refractivity (Wildman–Crippen MR) is 97.7 cm³/mol. The highest BCUT2D eigenvalue weighted by Gasteiger charge is 2.36. The molecule has 0 radical (unpaired) electrons. The van der Waals surface area contributed by atoms with Crippen LogP contribution >= 0.6 is 27.5 Å². The number of amides is 2. The van der Waals surface area contributed by atoms with Crippen LogP contribution in [-0.2, 0) is 11.2 Å². The summed E-state index contributed by atoms with van der Waals surface area (Å²) in [4.78, 5) is 33.5. The Morgan fingerprint density at radius 1 is 1.44 bits per heavy atom. The van der Waals surface area contributed by atoms with E-state index in [0.717, 1.165) is 21.9 Å². The first-order valence-corrected chi connectivity index (χ1v) is 8.91. The molecule has 0 saturated heterocycles. The minimum absolute atomic E-state index is 0.268. The van der Waals surface area contributed by atoms with Crippen LogP contribution in [0.15, 0.2) is 22.8 Å². The number of nitrogens with one attached hydrogen (secondary N) is 1. The number of fused-ring (bicyclic) bond motifs is 1. The molecule has 25 heavy (non-hydrogen) atoms. The highest BCUT2D eigenvalue weighted by atomic mass is 79.9. The summed E-state index contributed by atoms with van der Waals surface area (Å²) < 4.78 is 5.92. The van der Waals surface area contributed by atoms with E-state index in [4.69, 9.17) is 16.3 Å². The molecule has 0 aromatic carbocycles. The molecule has 6 nitrogen and oxygen atoms in total. The minimum Gasteiger partial charge on any atom is -0.443 e. The van der Waals surface area contributed by atoms with Gasteiger partial charge in [0.05, 0.1) is 15.7 Å². The molecule has 2 aromatic heterocycles. The van der Waals surface area contributed by atoms with Crippen LogP contribution < -0.4 is 0 Å². The molecule has 3 rings (SSSR count). The Hall–Kier alpha value is -1.86. The van der Waals surface area contributed by atoms with Gasteiger partial charge in [0.2, 0.25) is 0 Å². The Morgan fingerprint density at radius 2 is 2.16 bits per heavy atom. The van der Waals surface area contributed by atoms with Gasteiger partial charge in [0.1, 0.15) is 10.8 Å². The lowest BCUT2D eigenvalue weighted by Gasteiger charge is -2.28. The summed E-state index contributed by atoms with van der Waals surface area (Å²) in [6.45, 7) is 5.57. The third kappa shape index (κ3) is 3.57. The molecule has 0 saturated carbocycles. The first-order chi connectivity index (χ1) is 11.7. The first-order valence-electron chi connectivity index (χ1n) is 7.74. The number of halogens is 2. The standard InChI is InChI=1S/C17H17BrClN3O3/c1-17(2,3)25-16(24)22-7-5-10-12(15(22)23)13(18)14(21-10)9-4-6-20-11(19)8-9/h4,6,8,21H,5,7H2,1-3H3. The molecule has 0 spiro atoms. The number of imide groups is 1. The Labute approximate surface area is 158 Å². The van der Waals surface area contributed by atoms with Crippen LogP contribution in [0.25, 0.3) is 11.3 Å². The van der Waals surface area contributed by atoms with Gasteiger partial charge in [0, 0.05) is 30.4 Å². The molecule has 1 aliphatic rings. The molecule has 1 N–H and O–H groups in total. The molecular weight excluding hydrogens is 410 g/mol. The fourth-order valence-corrected chi connectivity index (χ4v) is 3.56. The van der Waals surface area contributed by atoms with E-state index in [0.29, 0.717) is 21.6 Å². The SMILES string of the molecule is CC(C)(C)OC(=O)N1CCc2[nH]c(-c3ccnc(Cl)c3)c(Br)c2C1=O. The highest BCUT2D eigenvalue weighted by molar-refractivity contribution is 9.10. The van der Waals surface area contributed by atoms with Gasteiger partial charge < -0.3 is 9.72 Å². The number of aromatic amines is 1. The van der Waals surface area contributed by atoms with E-state index in [1.54, 1.807) is 39.1 Å². The van der Waals surface area contributed by atoms with Crippen molar-refractivity contribution in [3.8, 4) is 11.3 Å². The molecule has 2 aromatic rings. The number of nitrogens with zero attached hydrogens (tertiary/aromatic N) is 2. The zero-order valence-electron chi connectivity index (χ0n) is 14.0. The van der Waals surface area contributed by atoms with E-state index in [2.05, 4.69) is 25.9 Å². The van der Waals surface area contributed by atoms with Gasteiger partial charge in [-0.15, -0.1) is 0 Å². The molecule has 2 amide bonds. The largest absolute Gasteiger partial charge is 0.443 e. The van der Waals surface area contributed by atoms with Gasteiger partial charge in [-0.1, -0.05) is 11.6 Å². The average molecular weight is 427 g/mol. The Bertz CT molecular complexity index is 857. The fourth-order valence-electron chi connectivity index (χ4n) is 2.64. The van der Waals surface area contributed by atoms with Crippen LogP contribution in [-0.4, -0.2) is 39.0 Å². The first kappa shape index (κ1) is 17.9. The summed E-state index contributed by atoms with van der Waals surface area (Å²) in [5, 5.41) is 0.360. The van der Waals surface area contributed by atoms with E-state index >= 15 is 0 Å². The van der Waals surface area contributed by atoms with Crippen molar-refractivity contribution in [2.45, 2.75) is 32.8 Å². The average Bonchev–Trinajstić information content (AvgIpc) is 2.83. The lowest BCUT2D eigenvalue weighted by Crippen LogP contribution is -2.44. The van der Waals surface area contributed by atoms with Gasteiger partial charge in [-0.25, -0.2) is 14.7 Å². The second-order valence-electron chi connectivity index (χ2n) is 6.72. The van der Waals surface area contributed by atoms with Gasteiger partial charge >= 0.3 is 6.09 Å². The molecule has 0 bridgehead atoms. The van der Waals surface area contributed by atoms with E-state index in [1.165, 1.54) is 0 Å². The lowest BCUT2D eigenvalue weighted by atomic mass is 10.1. The smallest absolute Gasteiger partial charge is 0.417 e. The second-order valence-corrected chi connectivity index (χ2v) is 7.90. The molecule has 0 fully saturated rings. The van der Waals surface area contributed by atoms with Crippen LogP contribution in [0.2, 0.25) is 5.15 Å². The number of hydrogen-bond donors (Lipinski definition) is 1. The van der Waals surface area contributed by atoms with Gasteiger partial charge in [-0.2, -0.15) is 0 Å². The molecule has 1 aliphatic heterocycles. The van der Waals surface area contributed by atoms with Crippen molar-refractivity contribution in [1.82, 2.24) is 14.9 Å². The van der Waals surface area contributed by atoms with Gasteiger partial charge in [-0.3, -0.25) is 4.79 Å². The summed E-state index contributed by atoms with van der Waals surface area (Å²) in [5.41, 5.74) is 2.10. The number of rotatable bonds is 1. The number of H-pyrrole nitrogens is 1. The normalized spacial score (nSPS) is 14.4. The maximum atomic E-state index is 12.8. The monoisotopic (exact) mass is 425 g/mol. The third-order valence-electron chi connectivity index (χ3n) is 3.69. The van der Waals surface area contributed by atoms with Crippen LogP contribution in [0.4, 0.5) is 4.79 Å². The third-order valence-corrected chi connectivity index (χ3v) is 4.69.